The highest BCUT2D eigenvalue weighted by molar-refractivity contribution is 6.01. The highest BCUT2D eigenvalue weighted by Gasteiger charge is 2.13. The molecule has 2 N–H and O–H groups in total. The first-order valence-corrected chi connectivity index (χ1v) is 7.30. The Morgan fingerprint density at radius 2 is 1.76 bits per heavy atom. The molecule has 3 aromatic rings. The van der Waals surface area contributed by atoms with Crippen molar-refractivity contribution in [2.24, 2.45) is 0 Å². The van der Waals surface area contributed by atoms with E-state index in [2.05, 4.69) is 26.0 Å². The number of amides is 3. The van der Waals surface area contributed by atoms with E-state index < -0.39 is 17.8 Å². The van der Waals surface area contributed by atoms with Gasteiger partial charge >= 0.3 is 6.03 Å². The van der Waals surface area contributed by atoms with Crippen LogP contribution < -0.4 is 10.6 Å². The Balaban J connectivity index is 1.57. The number of halogens is 1. The molecule has 0 radical (unpaired) electrons. The first-order valence-electron chi connectivity index (χ1n) is 7.30. The number of carbonyl (C=O) groups excluding carboxylic acids is 2. The van der Waals surface area contributed by atoms with Crippen LogP contribution in [0.3, 0.4) is 0 Å². The van der Waals surface area contributed by atoms with Crippen molar-refractivity contribution in [3.05, 3.63) is 60.4 Å². The van der Waals surface area contributed by atoms with Crippen molar-refractivity contribution >= 4 is 17.6 Å². The number of nitrogens with zero attached hydrogens (tertiary/aromatic N) is 4. The zero-order chi connectivity index (χ0) is 17.6. The van der Waals surface area contributed by atoms with Gasteiger partial charge < -0.3 is 5.32 Å². The zero-order valence-corrected chi connectivity index (χ0v) is 12.9. The lowest BCUT2D eigenvalue weighted by atomic mass is 10.2. The second-order valence-corrected chi connectivity index (χ2v) is 4.99. The van der Waals surface area contributed by atoms with Gasteiger partial charge in [0.1, 0.15) is 12.4 Å². The standard InChI is InChI=1S/C16H13FN6O2/c17-12-8-4-5-9-13(12)18-16(25)19-14(24)10-23-21-15(20-22-23)11-6-2-1-3-7-11/h1-9H,10H2,(H2,18,19,24,25). The van der Waals surface area contributed by atoms with Gasteiger partial charge in [0.2, 0.25) is 5.82 Å². The number of imide groups is 1. The zero-order valence-electron chi connectivity index (χ0n) is 12.9. The van der Waals surface area contributed by atoms with E-state index in [1.54, 1.807) is 6.07 Å². The third-order valence-corrected chi connectivity index (χ3v) is 3.14. The molecule has 1 aromatic heterocycles. The molecule has 1 heterocycles. The molecule has 2 aromatic carbocycles. The molecular weight excluding hydrogens is 327 g/mol. The number of aromatic nitrogens is 4. The Morgan fingerprint density at radius 1 is 1.04 bits per heavy atom. The number of nitrogens with one attached hydrogen (secondary N) is 2. The maximum absolute atomic E-state index is 13.4. The number of urea groups is 1. The molecule has 3 rings (SSSR count). The molecule has 0 fully saturated rings. The molecule has 0 unspecified atom stereocenters. The van der Waals surface area contributed by atoms with Gasteiger partial charge in [0.05, 0.1) is 5.69 Å². The van der Waals surface area contributed by atoms with Crippen molar-refractivity contribution in [3.8, 4) is 11.4 Å². The lowest BCUT2D eigenvalue weighted by Crippen LogP contribution is -2.37. The number of hydrogen-bond donors (Lipinski definition) is 2. The van der Waals surface area contributed by atoms with Crippen LogP contribution >= 0.6 is 0 Å². The molecule has 0 bridgehead atoms. The fourth-order valence-electron chi connectivity index (χ4n) is 2.02. The second-order valence-electron chi connectivity index (χ2n) is 4.99. The molecule has 0 aliphatic rings. The fourth-order valence-corrected chi connectivity index (χ4v) is 2.02. The predicted octanol–water partition coefficient (Wildman–Crippen LogP) is 1.83. The van der Waals surface area contributed by atoms with Gasteiger partial charge in [0.25, 0.3) is 5.91 Å². The maximum atomic E-state index is 13.4. The Hall–Kier alpha value is -3.62. The summed E-state index contributed by atoms with van der Waals surface area (Å²) in [5.74, 6) is -0.898. The Kier molecular flexibility index (Phi) is 4.74. The van der Waals surface area contributed by atoms with E-state index >= 15 is 0 Å². The quantitative estimate of drug-likeness (QED) is 0.754. The summed E-state index contributed by atoms with van der Waals surface area (Å²) >= 11 is 0. The summed E-state index contributed by atoms with van der Waals surface area (Å²) in [5.41, 5.74) is 0.726. The van der Waals surface area contributed by atoms with Gasteiger partial charge in [-0.15, -0.1) is 10.2 Å². The van der Waals surface area contributed by atoms with Crippen molar-refractivity contribution < 1.29 is 14.0 Å². The summed E-state index contributed by atoms with van der Waals surface area (Å²) in [6.45, 7) is -0.301. The van der Waals surface area contributed by atoms with Crippen LogP contribution in [0, 0.1) is 5.82 Å². The van der Waals surface area contributed by atoms with Gasteiger partial charge in [-0.05, 0) is 17.3 Å². The molecule has 0 saturated heterocycles. The van der Waals surface area contributed by atoms with Crippen LogP contribution in [-0.4, -0.2) is 32.1 Å². The van der Waals surface area contributed by atoms with E-state index in [1.165, 1.54) is 18.2 Å². The van der Waals surface area contributed by atoms with Gasteiger partial charge in [-0.2, -0.15) is 4.80 Å². The van der Waals surface area contributed by atoms with E-state index in [9.17, 15) is 14.0 Å². The molecule has 3 amide bonds. The van der Waals surface area contributed by atoms with Gasteiger partial charge in [-0.1, -0.05) is 42.5 Å². The number of benzene rings is 2. The predicted molar refractivity (Wildman–Crippen MR) is 86.8 cm³/mol. The molecule has 0 saturated carbocycles. The average Bonchev–Trinajstić information content (AvgIpc) is 3.06. The topological polar surface area (TPSA) is 102 Å². The molecule has 25 heavy (non-hydrogen) atoms. The number of anilines is 1. The van der Waals surface area contributed by atoms with Crippen molar-refractivity contribution in [1.29, 1.82) is 0 Å². The third-order valence-electron chi connectivity index (χ3n) is 3.14. The Bertz CT molecular complexity index is 896. The molecule has 8 nitrogen and oxygen atoms in total. The number of carbonyl (C=O) groups is 2. The van der Waals surface area contributed by atoms with Crippen LogP contribution in [0.5, 0.6) is 0 Å². The van der Waals surface area contributed by atoms with Gasteiger partial charge in [0, 0.05) is 5.56 Å². The van der Waals surface area contributed by atoms with E-state index in [-0.39, 0.29) is 12.2 Å². The first kappa shape index (κ1) is 16.2. The molecule has 9 heteroatoms. The molecular formula is C16H13FN6O2. The first-order chi connectivity index (χ1) is 12.1. The van der Waals surface area contributed by atoms with E-state index in [1.807, 2.05) is 30.3 Å². The fraction of sp³-hybridized carbons (Fsp3) is 0.0625. The van der Waals surface area contributed by atoms with Gasteiger partial charge in [-0.3, -0.25) is 10.1 Å². The lowest BCUT2D eigenvalue weighted by molar-refractivity contribution is -0.120. The minimum atomic E-state index is -0.849. The van der Waals surface area contributed by atoms with E-state index in [0.29, 0.717) is 5.82 Å². The Labute approximate surface area is 141 Å². The summed E-state index contributed by atoms with van der Waals surface area (Å²) in [6.07, 6.45) is 0. The molecule has 0 atom stereocenters. The summed E-state index contributed by atoms with van der Waals surface area (Å²) in [6, 6.07) is 13.9. The van der Waals surface area contributed by atoms with Crippen molar-refractivity contribution in [2.75, 3.05) is 5.32 Å². The van der Waals surface area contributed by atoms with Crippen molar-refractivity contribution in [2.45, 2.75) is 6.54 Å². The van der Waals surface area contributed by atoms with Crippen LogP contribution in [0.4, 0.5) is 14.9 Å². The normalized spacial score (nSPS) is 10.3. The highest BCUT2D eigenvalue weighted by Crippen LogP contribution is 2.12. The summed E-state index contributed by atoms with van der Waals surface area (Å²) < 4.78 is 13.4. The van der Waals surface area contributed by atoms with Crippen LogP contribution in [0.2, 0.25) is 0 Å². The minimum absolute atomic E-state index is 0.0296. The number of hydrogen-bond acceptors (Lipinski definition) is 5. The summed E-state index contributed by atoms with van der Waals surface area (Å²) in [4.78, 5) is 24.6. The average molecular weight is 340 g/mol. The third kappa shape index (κ3) is 4.22. The van der Waals surface area contributed by atoms with Crippen LogP contribution in [0.1, 0.15) is 0 Å². The monoisotopic (exact) mass is 340 g/mol. The molecule has 0 aliphatic carbocycles. The largest absolute Gasteiger partial charge is 0.326 e. The number of para-hydroxylation sites is 1. The summed E-state index contributed by atoms with van der Waals surface area (Å²) in [5, 5.41) is 16.0. The smallest absolute Gasteiger partial charge is 0.305 e. The second kappa shape index (κ2) is 7.30. The molecule has 0 spiro atoms. The van der Waals surface area contributed by atoms with E-state index in [0.717, 1.165) is 10.4 Å². The van der Waals surface area contributed by atoms with Gasteiger partial charge in [0.15, 0.2) is 0 Å². The molecule has 0 aliphatic heterocycles. The Morgan fingerprint density at radius 3 is 2.52 bits per heavy atom. The number of tetrazole rings is 1. The lowest BCUT2D eigenvalue weighted by Gasteiger charge is -2.06. The van der Waals surface area contributed by atoms with E-state index in [4.69, 9.17) is 0 Å². The van der Waals surface area contributed by atoms with Crippen LogP contribution in [0.15, 0.2) is 54.6 Å². The SMILES string of the molecule is O=C(Cn1nnc(-c2ccccc2)n1)NC(=O)Nc1ccccc1F. The maximum Gasteiger partial charge on any atom is 0.326 e. The van der Waals surface area contributed by atoms with Gasteiger partial charge in [-0.25, -0.2) is 9.18 Å². The molecule has 126 valence electrons. The minimum Gasteiger partial charge on any atom is -0.305 e. The van der Waals surface area contributed by atoms with Crippen molar-refractivity contribution in [3.63, 3.8) is 0 Å². The highest BCUT2D eigenvalue weighted by atomic mass is 19.1. The van der Waals surface area contributed by atoms with Crippen LogP contribution in [-0.2, 0) is 11.3 Å². The summed E-state index contributed by atoms with van der Waals surface area (Å²) in [7, 11) is 0. The number of rotatable bonds is 4. The van der Waals surface area contributed by atoms with Crippen molar-refractivity contribution in [1.82, 2.24) is 25.5 Å². The van der Waals surface area contributed by atoms with Crippen LogP contribution in [0.25, 0.3) is 11.4 Å².